The fourth-order valence-electron chi connectivity index (χ4n) is 4.14. The second-order valence-corrected chi connectivity index (χ2v) is 7.51. The van der Waals surface area contributed by atoms with Crippen LogP contribution < -0.4 is 9.47 Å². The Morgan fingerprint density at radius 1 is 1.08 bits per heavy atom. The third-order valence-corrected chi connectivity index (χ3v) is 6.05. The van der Waals surface area contributed by atoms with Gasteiger partial charge in [-0.3, -0.25) is 14.5 Å². The van der Waals surface area contributed by atoms with Crippen molar-refractivity contribution in [3.8, 4) is 11.5 Å². The summed E-state index contributed by atoms with van der Waals surface area (Å²) in [4.78, 5) is 31.2. The molecule has 0 N–H and O–H groups in total. The van der Waals surface area contributed by atoms with Gasteiger partial charge in [-0.25, -0.2) is 0 Å². The van der Waals surface area contributed by atoms with E-state index in [4.69, 9.17) is 9.47 Å². The molecule has 1 aromatic carbocycles. The predicted octanol–water partition coefficient (Wildman–Crippen LogP) is 1.18. The molecule has 0 saturated carbocycles. The Morgan fingerprint density at radius 2 is 1.88 bits per heavy atom. The summed E-state index contributed by atoms with van der Waals surface area (Å²) in [7, 11) is 3.97. The number of hydrogen-bond donors (Lipinski definition) is 0. The van der Waals surface area contributed by atoms with Crippen LogP contribution in [0.5, 0.6) is 11.5 Å². The fourth-order valence-corrected chi connectivity index (χ4v) is 4.14. The molecule has 3 aliphatic rings. The van der Waals surface area contributed by atoms with Crippen LogP contribution in [0, 0.1) is 0 Å². The van der Waals surface area contributed by atoms with E-state index in [0.717, 1.165) is 25.9 Å². The Bertz CT molecular complexity index is 737. The SMILES string of the molecule is CN1CC[C@@]2(CCC1=O)CN(C(=O)c1ccc3c(c1)OCO3)CCN2C. The van der Waals surface area contributed by atoms with Crippen LogP contribution in [0.2, 0.25) is 0 Å². The van der Waals surface area contributed by atoms with Crippen molar-refractivity contribution in [2.75, 3.05) is 47.1 Å². The van der Waals surface area contributed by atoms with Crippen molar-refractivity contribution in [1.82, 2.24) is 14.7 Å². The number of likely N-dealkylation sites (N-methyl/N-ethyl adjacent to an activating group) is 1. The van der Waals surface area contributed by atoms with Gasteiger partial charge in [-0.1, -0.05) is 0 Å². The molecule has 26 heavy (non-hydrogen) atoms. The zero-order chi connectivity index (χ0) is 18.3. The summed E-state index contributed by atoms with van der Waals surface area (Å²) in [6.45, 7) is 3.09. The summed E-state index contributed by atoms with van der Waals surface area (Å²) < 4.78 is 10.7. The molecule has 1 atom stereocenters. The van der Waals surface area contributed by atoms with Crippen molar-refractivity contribution in [2.45, 2.75) is 24.8 Å². The molecule has 0 aromatic heterocycles. The Labute approximate surface area is 153 Å². The normalized spacial score (nSPS) is 26.3. The summed E-state index contributed by atoms with van der Waals surface area (Å²) in [5, 5.41) is 0. The van der Waals surface area contributed by atoms with Gasteiger partial charge in [0.2, 0.25) is 12.7 Å². The van der Waals surface area contributed by atoms with E-state index >= 15 is 0 Å². The molecule has 2 fully saturated rings. The van der Waals surface area contributed by atoms with Crippen molar-refractivity contribution < 1.29 is 19.1 Å². The monoisotopic (exact) mass is 359 g/mol. The van der Waals surface area contributed by atoms with Gasteiger partial charge in [-0.2, -0.15) is 0 Å². The highest BCUT2D eigenvalue weighted by molar-refractivity contribution is 5.95. The number of carbonyl (C=O) groups is 2. The molecule has 3 heterocycles. The van der Waals surface area contributed by atoms with Crippen LogP contribution in [0.3, 0.4) is 0 Å². The Balaban J connectivity index is 1.54. The van der Waals surface area contributed by atoms with Crippen molar-refractivity contribution in [2.24, 2.45) is 0 Å². The number of fused-ring (bicyclic) bond motifs is 1. The summed E-state index contributed by atoms with van der Waals surface area (Å²) in [5.74, 6) is 1.51. The molecule has 7 heteroatoms. The molecule has 1 aromatic rings. The second-order valence-electron chi connectivity index (χ2n) is 7.51. The number of hydrogen-bond acceptors (Lipinski definition) is 5. The zero-order valence-electron chi connectivity index (χ0n) is 15.4. The van der Waals surface area contributed by atoms with Gasteiger partial charge in [0.25, 0.3) is 5.91 Å². The van der Waals surface area contributed by atoms with Crippen LogP contribution >= 0.6 is 0 Å². The van der Waals surface area contributed by atoms with Crippen LogP contribution in [0.4, 0.5) is 0 Å². The van der Waals surface area contributed by atoms with E-state index in [1.807, 2.05) is 11.9 Å². The van der Waals surface area contributed by atoms with Crippen molar-refractivity contribution in [3.05, 3.63) is 23.8 Å². The lowest BCUT2D eigenvalue weighted by Gasteiger charge is -2.49. The molecular formula is C19H25N3O4. The first kappa shape index (κ1) is 17.1. The number of amides is 2. The van der Waals surface area contributed by atoms with E-state index in [9.17, 15) is 9.59 Å². The summed E-state index contributed by atoms with van der Waals surface area (Å²) in [6, 6.07) is 5.35. The summed E-state index contributed by atoms with van der Waals surface area (Å²) in [6.07, 6.45) is 2.21. The lowest BCUT2D eigenvalue weighted by molar-refractivity contribution is -0.129. The maximum Gasteiger partial charge on any atom is 0.254 e. The second kappa shape index (κ2) is 6.46. The highest BCUT2D eigenvalue weighted by Crippen LogP contribution is 2.35. The van der Waals surface area contributed by atoms with E-state index in [-0.39, 0.29) is 24.1 Å². The highest BCUT2D eigenvalue weighted by atomic mass is 16.7. The number of carbonyl (C=O) groups excluding carboxylic acids is 2. The van der Waals surface area contributed by atoms with Crippen molar-refractivity contribution >= 4 is 11.8 Å². The number of benzene rings is 1. The topological polar surface area (TPSA) is 62.3 Å². The van der Waals surface area contributed by atoms with Gasteiger partial charge in [0.15, 0.2) is 11.5 Å². The minimum absolute atomic E-state index is 0.0136. The number of nitrogens with zero attached hydrogens (tertiary/aromatic N) is 3. The van der Waals surface area contributed by atoms with Gasteiger partial charge < -0.3 is 19.3 Å². The van der Waals surface area contributed by atoms with Crippen molar-refractivity contribution in [3.63, 3.8) is 0 Å². The number of piperazine rings is 1. The molecule has 3 aliphatic heterocycles. The van der Waals surface area contributed by atoms with Gasteiger partial charge in [-0.05, 0) is 38.1 Å². The first-order chi connectivity index (χ1) is 12.5. The molecule has 2 saturated heterocycles. The van der Waals surface area contributed by atoms with Gasteiger partial charge >= 0.3 is 0 Å². The Kier molecular flexibility index (Phi) is 4.26. The van der Waals surface area contributed by atoms with E-state index in [1.54, 1.807) is 23.1 Å². The van der Waals surface area contributed by atoms with Crippen LogP contribution in [0.1, 0.15) is 29.6 Å². The third-order valence-electron chi connectivity index (χ3n) is 6.05. The lowest BCUT2D eigenvalue weighted by Crippen LogP contribution is -2.62. The number of ether oxygens (including phenoxy) is 2. The third kappa shape index (κ3) is 2.90. The van der Waals surface area contributed by atoms with Gasteiger partial charge in [0, 0.05) is 50.7 Å². The fraction of sp³-hybridized carbons (Fsp3) is 0.579. The number of likely N-dealkylation sites (tertiary alicyclic amines) is 1. The molecule has 0 radical (unpaired) electrons. The lowest BCUT2D eigenvalue weighted by atomic mass is 9.86. The zero-order valence-corrected chi connectivity index (χ0v) is 15.4. The van der Waals surface area contributed by atoms with E-state index in [0.29, 0.717) is 36.6 Å². The van der Waals surface area contributed by atoms with E-state index in [1.165, 1.54) is 0 Å². The molecule has 7 nitrogen and oxygen atoms in total. The quantitative estimate of drug-likeness (QED) is 0.754. The van der Waals surface area contributed by atoms with Crippen LogP contribution in [0.25, 0.3) is 0 Å². The molecule has 0 unspecified atom stereocenters. The first-order valence-electron chi connectivity index (χ1n) is 9.13. The van der Waals surface area contributed by atoms with E-state index in [2.05, 4.69) is 11.9 Å². The molecule has 4 rings (SSSR count). The molecular weight excluding hydrogens is 334 g/mol. The van der Waals surface area contributed by atoms with Crippen LogP contribution in [-0.2, 0) is 4.79 Å². The largest absolute Gasteiger partial charge is 0.454 e. The Morgan fingerprint density at radius 3 is 2.73 bits per heavy atom. The summed E-state index contributed by atoms with van der Waals surface area (Å²) in [5.41, 5.74) is 0.487. The molecule has 0 aliphatic carbocycles. The van der Waals surface area contributed by atoms with Crippen molar-refractivity contribution in [1.29, 1.82) is 0 Å². The molecule has 140 valence electrons. The summed E-state index contributed by atoms with van der Waals surface area (Å²) >= 11 is 0. The van der Waals surface area contributed by atoms with Gasteiger partial charge in [0.1, 0.15) is 0 Å². The Hall–Kier alpha value is -2.28. The standard InChI is InChI=1S/C19H25N3O4/c1-20-8-7-19(6-5-17(20)23)12-22(10-9-21(19)2)18(24)14-3-4-15-16(11-14)26-13-25-15/h3-4,11H,5-10,12-13H2,1-2H3/t19-/m0/s1. The van der Waals surface area contributed by atoms with Gasteiger partial charge in [-0.15, -0.1) is 0 Å². The maximum atomic E-state index is 13.1. The van der Waals surface area contributed by atoms with Crippen LogP contribution in [0.15, 0.2) is 18.2 Å². The minimum Gasteiger partial charge on any atom is -0.454 e. The average molecular weight is 359 g/mol. The minimum atomic E-state index is -0.134. The molecule has 1 spiro atoms. The smallest absolute Gasteiger partial charge is 0.254 e. The predicted molar refractivity (Wildman–Crippen MR) is 95.3 cm³/mol. The van der Waals surface area contributed by atoms with Crippen LogP contribution in [-0.4, -0.2) is 79.1 Å². The van der Waals surface area contributed by atoms with E-state index < -0.39 is 0 Å². The number of rotatable bonds is 1. The molecule has 0 bridgehead atoms. The first-order valence-corrected chi connectivity index (χ1v) is 9.13. The van der Waals surface area contributed by atoms with Gasteiger partial charge in [0.05, 0.1) is 0 Å². The molecule has 2 amide bonds. The maximum absolute atomic E-state index is 13.1. The average Bonchev–Trinajstić information content (AvgIpc) is 3.07. The highest BCUT2D eigenvalue weighted by Gasteiger charge is 2.43.